The third-order valence-corrected chi connectivity index (χ3v) is 4.55. The molecule has 0 aliphatic carbocycles. The summed E-state index contributed by atoms with van der Waals surface area (Å²) in [4.78, 5) is 3.89. The highest BCUT2D eigenvalue weighted by molar-refractivity contribution is 5.46. The van der Waals surface area contributed by atoms with E-state index in [4.69, 9.17) is 6.57 Å². The van der Waals surface area contributed by atoms with E-state index in [9.17, 15) is 22.0 Å². The van der Waals surface area contributed by atoms with Gasteiger partial charge in [-0.25, -0.2) is 8.78 Å². The molecule has 1 nitrogen and oxygen atoms in total. The maximum Gasteiger partial charge on any atom is 0.416 e. The van der Waals surface area contributed by atoms with Crippen LogP contribution < -0.4 is 0 Å². The summed E-state index contributed by atoms with van der Waals surface area (Å²) in [6.07, 6.45) is -4.68. The van der Waals surface area contributed by atoms with Crippen molar-refractivity contribution in [1.29, 1.82) is 0 Å². The van der Waals surface area contributed by atoms with Crippen molar-refractivity contribution < 1.29 is 22.0 Å². The van der Waals surface area contributed by atoms with E-state index >= 15 is 0 Å². The zero-order valence-corrected chi connectivity index (χ0v) is 14.5. The van der Waals surface area contributed by atoms with Crippen molar-refractivity contribution >= 4 is 0 Å². The number of alkyl halides is 3. The Hall–Kier alpha value is -3.20. The lowest BCUT2D eigenvalue weighted by Crippen LogP contribution is -2.27. The van der Waals surface area contributed by atoms with Gasteiger partial charge in [0.05, 0.1) is 12.0 Å². The standard InChI is InChI=1S/C22H15F5N/c1-28-21(14-15-5-3-2-4-6-15,16-7-9-19(23)10-8-16)17-11-18(22(25,26)27)13-20(24)12-17/h1-13H,14H2/q+1/t21-/m0/s1. The fraction of sp³-hybridized carbons (Fsp3) is 0.136. The van der Waals surface area contributed by atoms with Gasteiger partial charge in [-0.3, -0.25) is 0 Å². The number of hydrogen-bond acceptors (Lipinski definition) is 0. The Labute approximate surface area is 158 Å². The van der Waals surface area contributed by atoms with Gasteiger partial charge in [0.1, 0.15) is 11.6 Å². The Bertz CT molecular complexity index is 1000. The molecule has 0 saturated carbocycles. The topological polar surface area (TPSA) is 4.36 Å². The van der Waals surface area contributed by atoms with Gasteiger partial charge in [-0.1, -0.05) is 35.2 Å². The minimum Gasteiger partial charge on any atom is -0.207 e. The largest absolute Gasteiger partial charge is 0.416 e. The summed E-state index contributed by atoms with van der Waals surface area (Å²) in [5.41, 5.74) is -1.68. The van der Waals surface area contributed by atoms with Crippen molar-refractivity contribution in [3.63, 3.8) is 0 Å². The minimum absolute atomic E-state index is 0.0662. The molecule has 142 valence electrons. The summed E-state index contributed by atoms with van der Waals surface area (Å²) < 4.78 is 67.3. The third-order valence-electron chi connectivity index (χ3n) is 4.55. The molecule has 0 aromatic heterocycles. The molecule has 0 aliphatic heterocycles. The monoisotopic (exact) mass is 388 g/mol. The number of halogens is 5. The van der Waals surface area contributed by atoms with Crippen LogP contribution in [-0.2, 0) is 18.1 Å². The molecule has 0 heterocycles. The predicted molar refractivity (Wildman–Crippen MR) is 97.0 cm³/mol. The van der Waals surface area contributed by atoms with Crippen LogP contribution in [0.1, 0.15) is 22.3 Å². The number of rotatable bonds is 4. The first kappa shape index (κ1) is 19.6. The van der Waals surface area contributed by atoms with Crippen LogP contribution in [0.5, 0.6) is 0 Å². The zero-order chi connectivity index (χ0) is 20.4. The fourth-order valence-corrected chi connectivity index (χ4v) is 3.17. The molecule has 0 aliphatic rings. The third kappa shape index (κ3) is 3.89. The lowest BCUT2D eigenvalue weighted by Gasteiger charge is -2.21. The molecule has 0 N–H and O–H groups in total. The van der Waals surface area contributed by atoms with Crippen molar-refractivity contribution in [3.8, 4) is 6.57 Å². The van der Waals surface area contributed by atoms with Crippen LogP contribution in [0.2, 0.25) is 0 Å². The van der Waals surface area contributed by atoms with E-state index < -0.39 is 28.9 Å². The second-order valence-electron chi connectivity index (χ2n) is 6.38. The summed E-state index contributed by atoms with van der Waals surface area (Å²) in [6.45, 7) is 5.69. The molecule has 1 atom stereocenters. The summed E-state index contributed by atoms with van der Waals surface area (Å²) in [5, 5.41) is 0. The van der Waals surface area contributed by atoms with Gasteiger partial charge in [-0.15, -0.1) is 0 Å². The second kappa shape index (κ2) is 7.43. The molecule has 0 radical (unpaired) electrons. The maximum atomic E-state index is 14.1. The lowest BCUT2D eigenvalue weighted by atomic mass is 9.78. The zero-order valence-electron chi connectivity index (χ0n) is 14.5. The SMILES string of the molecule is C#[N+][C@@](Cc1ccccc1)(c1ccc(F)cc1)c1cc(F)cc(C(F)(F)F)c1. The molecule has 6 heteroatoms. The van der Waals surface area contributed by atoms with Crippen LogP contribution in [0.25, 0.3) is 4.85 Å². The van der Waals surface area contributed by atoms with Gasteiger partial charge in [0, 0.05) is 11.1 Å². The average Bonchev–Trinajstić information content (AvgIpc) is 2.66. The van der Waals surface area contributed by atoms with E-state index in [1.165, 1.54) is 12.1 Å². The molecule has 0 saturated heterocycles. The first-order valence-electron chi connectivity index (χ1n) is 8.35. The number of hydrogen-bond donors (Lipinski definition) is 0. The van der Waals surface area contributed by atoms with E-state index in [2.05, 4.69) is 4.85 Å². The molecule has 3 aromatic rings. The fourth-order valence-electron chi connectivity index (χ4n) is 3.17. The number of nitrogens with zero attached hydrogens (tertiary/aromatic N) is 1. The van der Waals surface area contributed by atoms with Gasteiger partial charge < -0.3 is 0 Å². The molecular weight excluding hydrogens is 373 g/mol. The van der Waals surface area contributed by atoms with E-state index in [1.54, 1.807) is 30.3 Å². The van der Waals surface area contributed by atoms with Gasteiger partial charge in [-0.2, -0.15) is 13.2 Å². The second-order valence-corrected chi connectivity index (χ2v) is 6.38. The molecule has 0 unspecified atom stereocenters. The first-order valence-corrected chi connectivity index (χ1v) is 8.35. The average molecular weight is 388 g/mol. The highest BCUT2D eigenvalue weighted by Crippen LogP contribution is 2.40. The van der Waals surface area contributed by atoms with Crippen LogP contribution in [0, 0.1) is 18.2 Å². The van der Waals surface area contributed by atoms with Crippen LogP contribution in [0.3, 0.4) is 0 Å². The highest BCUT2D eigenvalue weighted by atomic mass is 19.4. The van der Waals surface area contributed by atoms with Gasteiger partial charge in [0.2, 0.25) is 0 Å². The Kier molecular flexibility index (Phi) is 5.19. The van der Waals surface area contributed by atoms with Crippen molar-refractivity contribution in [2.24, 2.45) is 0 Å². The van der Waals surface area contributed by atoms with Gasteiger partial charge in [0.15, 0.2) is 0 Å². The normalized spacial score (nSPS) is 13.6. The van der Waals surface area contributed by atoms with E-state index in [-0.39, 0.29) is 12.0 Å². The first-order chi connectivity index (χ1) is 13.2. The Balaban J connectivity index is 2.26. The summed E-state index contributed by atoms with van der Waals surface area (Å²) in [5.74, 6) is -1.59. The number of benzene rings is 3. The van der Waals surface area contributed by atoms with Crippen LogP contribution in [0.15, 0.2) is 72.8 Å². The van der Waals surface area contributed by atoms with Crippen molar-refractivity contribution in [3.05, 3.63) is 112 Å². The van der Waals surface area contributed by atoms with E-state index in [1.807, 2.05) is 0 Å². The highest BCUT2D eigenvalue weighted by Gasteiger charge is 2.47. The Morgan fingerprint density at radius 2 is 1.32 bits per heavy atom. The lowest BCUT2D eigenvalue weighted by molar-refractivity contribution is -0.137. The Morgan fingerprint density at radius 3 is 1.89 bits per heavy atom. The summed E-state index contributed by atoms with van der Waals surface area (Å²) in [6, 6.07) is 16.1. The van der Waals surface area contributed by atoms with Crippen LogP contribution >= 0.6 is 0 Å². The Morgan fingerprint density at radius 1 is 0.714 bits per heavy atom. The smallest absolute Gasteiger partial charge is 0.207 e. The van der Waals surface area contributed by atoms with Crippen molar-refractivity contribution in [1.82, 2.24) is 0 Å². The van der Waals surface area contributed by atoms with Crippen LogP contribution in [0.4, 0.5) is 22.0 Å². The van der Waals surface area contributed by atoms with Gasteiger partial charge in [-0.05, 0) is 48.0 Å². The molecule has 3 rings (SSSR count). The molecule has 0 spiro atoms. The van der Waals surface area contributed by atoms with Crippen molar-refractivity contribution in [2.45, 2.75) is 18.1 Å². The van der Waals surface area contributed by atoms with E-state index in [0.29, 0.717) is 11.6 Å². The van der Waals surface area contributed by atoms with Gasteiger partial charge in [0.25, 0.3) is 6.57 Å². The van der Waals surface area contributed by atoms with Crippen molar-refractivity contribution in [2.75, 3.05) is 0 Å². The molecule has 28 heavy (non-hydrogen) atoms. The minimum atomic E-state index is -4.74. The molecular formula is C22H15F5N+. The van der Waals surface area contributed by atoms with E-state index in [0.717, 1.165) is 29.8 Å². The van der Waals surface area contributed by atoms with Crippen LogP contribution in [-0.4, -0.2) is 0 Å². The predicted octanol–water partition coefficient (Wildman–Crippen LogP) is 6.43. The molecule has 0 bridgehead atoms. The molecule has 3 aromatic carbocycles. The molecule has 0 fully saturated rings. The maximum absolute atomic E-state index is 14.1. The quantitative estimate of drug-likeness (QED) is 0.454. The van der Waals surface area contributed by atoms with Gasteiger partial charge >= 0.3 is 11.7 Å². The molecule has 0 amide bonds. The summed E-state index contributed by atoms with van der Waals surface area (Å²) in [7, 11) is 0. The summed E-state index contributed by atoms with van der Waals surface area (Å²) >= 11 is 0.